The highest BCUT2D eigenvalue weighted by molar-refractivity contribution is 6.00. The number of nitrogens with zero attached hydrogens (tertiary/aromatic N) is 1. The summed E-state index contributed by atoms with van der Waals surface area (Å²) in [7, 11) is 0. The van der Waals surface area contributed by atoms with E-state index < -0.39 is 12.1 Å². The van der Waals surface area contributed by atoms with Gasteiger partial charge in [0.2, 0.25) is 5.91 Å². The van der Waals surface area contributed by atoms with E-state index in [1.54, 1.807) is 29.2 Å². The monoisotopic (exact) mass is 518 g/mol. The Morgan fingerprint density at radius 3 is 2.50 bits per heavy atom. The quantitative estimate of drug-likeness (QED) is 0.292. The predicted molar refractivity (Wildman–Crippen MR) is 148 cm³/mol. The first-order valence-electron chi connectivity index (χ1n) is 13.1. The van der Waals surface area contributed by atoms with Crippen LogP contribution in [0.25, 0.3) is 0 Å². The molecule has 200 valence electrons. The second-order valence-electron chi connectivity index (χ2n) is 9.54. The maximum absolute atomic E-state index is 13.5. The van der Waals surface area contributed by atoms with E-state index in [0.29, 0.717) is 43.7 Å². The van der Waals surface area contributed by atoms with Gasteiger partial charge in [0.15, 0.2) is 0 Å². The topological polar surface area (TPSA) is 93.7 Å². The van der Waals surface area contributed by atoms with Gasteiger partial charge in [0.25, 0.3) is 5.91 Å². The van der Waals surface area contributed by atoms with Crippen LogP contribution in [0.1, 0.15) is 41.3 Å². The van der Waals surface area contributed by atoms with Gasteiger partial charge in [-0.1, -0.05) is 42.5 Å². The van der Waals surface area contributed by atoms with E-state index in [4.69, 9.17) is 0 Å². The number of hydrogen-bond acceptors (Lipinski definition) is 5. The first-order valence-corrected chi connectivity index (χ1v) is 13.1. The number of carbonyl (C=O) groups excluding carboxylic acids is 2. The molecule has 0 unspecified atom stereocenters. The minimum Gasteiger partial charge on any atom is -0.390 e. The minimum absolute atomic E-state index is 0.0506. The van der Waals surface area contributed by atoms with Crippen LogP contribution in [0.5, 0.6) is 0 Å². The Bertz CT molecular complexity index is 1220. The normalized spacial score (nSPS) is 14.8. The third kappa shape index (κ3) is 7.40. The lowest BCUT2D eigenvalue weighted by Gasteiger charge is -2.25. The average molecular weight is 519 g/mol. The molecule has 7 nitrogen and oxygen atoms in total. The molecule has 0 radical (unpaired) electrons. The molecule has 4 N–H and O–H groups in total. The van der Waals surface area contributed by atoms with Crippen molar-refractivity contribution in [3.05, 3.63) is 95.3 Å². The molecule has 1 aliphatic heterocycles. The number of rotatable bonds is 12. The molecule has 8 heteroatoms. The molecule has 3 aromatic rings. The standard InChI is InChI=1S/C30H35FN4O3/c1-2-33-25-16-23(17-26(18-25)35-14-6-9-29(35)37)30(38)34-27(15-21-7-4-3-5-8-21)28(36)20-32-19-22-10-12-24(31)13-11-22/h3-5,7-8,10-13,16-18,27-28,32-33,36H,2,6,9,14-15,19-20H2,1H3,(H,34,38)/t27-,28-/m0/s1. The van der Waals surface area contributed by atoms with Gasteiger partial charge in [-0.15, -0.1) is 0 Å². The highest BCUT2D eigenvalue weighted by atomic mass is 19.1. The van der Waals surface area contributed by atoms with Crippen molar-refractivity contribution in [1.82, 2.24) is 10.6 Å². The smallest absolute Gasteiger partial charge is 0.251 e. The zero-order chi connectivity index (χ0) is 26.9. The van der Waals surface area contributed by atoms with Crippen molar-refractivity contribution in [2.75, 3.05) is 29.9 Å². The van der Waals surface area contributed by atoms with Crippen molar-refractivity contribution in [3.8, 4) is 0 Å². The van der Waals surface area contributed by atoms with Crippen LogP contribution in [0.2, 0.25) is 0 Å². The number of amides is 2. The molecule has 2 amide bonds. The summed E-state index contributed by atoms with van der Waals surface area (Å²) in [5.74, 6) is -0.569. The summed E-state index contributed by atoms with van der Waals surface area (Å²) in [5, 5.41) is 20.6. The lowest BCUT2D eigenvalue weighted by atomic mass is 10.00. The molecule has 0 aliphatic carbocycles. The lowest BCUT2D eigenvalue weighted by Crippen LogP contribution is -2.48. The Kier molecular flexibility index (Phi) is 9.46. The van der Waals surface area contributed by atoms with Crippen LogP contribution in [0.15, 0.2) is 72.8 Å². The summed E-state index contributed by atoms with van der Waals surface area (Å²) in [4.78, 5) is 27.5. The van der Waals surface area contributed by atoms with E-state index in [0.717, 1.165) is 23.2 Å². The molecule has 4 rings (SSSR count). The van der Waals surface area contributed by atoms with Crippen LogP contribution in [0.4, 0.5) is 15.8 Å². The lowest BCUT2D eigenvalue weighted by molar-refractivity contribution is -0.117. The van der Waals surface area contributed by atoms with Gasteiger partial charge in [0.05, 0.1) is 12.1 Å². The largest absolute Gasteiger partial charge is 0.390 e. The van der Waals surface area contributed by atoms with E-state index in [9.17, 15) is 19.1 Å². The van der Waals surface area contributed by atoms with Crippen molar-refractivity contribution in [3.63, 3.8) is 0 Å². The molecule has 0 bridgehead atoms. The second-order valence-corrected chi connectivity index (χ2v) is 9.54. The summed E-state index contributed by atoms with van der Waals surface area (Å²) in [6.45, 7) is 3.97. The number of nitrogens with one attached hydrogen (secondary N) is 3. The molecule has 0 saturated carbocycles. The van der Waals surface area contributed by atoms with Crippen molar-refractivity contribution >= 4 is 23.2 Å². The van der Waals surface area contributed by atoms with Crippen LogP contribution in [-0.4, -0.2) is 48.7 Å². The molecule has 0 aromatic heterocycles. The molecular weight excluding hydrogens is 483 g/mol. The SMILES string of the molecule is CCNc1cc(C(=O)N[C@@H](Cc2ccccc2)[C@@H](O)CNCc2ccc(F)cc2)cc(N2CCCC2=O)c1. The van der Waals surface area contributed by atoms with E-state index >= 15 is 0 Å². The van der Waals surface area contributed by atoms with Crippen molar-refractivity contribution in [2.24, 2.45) is 0 Å². The molecule has 1 aliphatic rings. The van der Waals surface area contributed by atoms with Crippen LogP contribution in [-0.2, 0) is 17.8 Å². The van der Waals surface area contributed by atoms with Crippen molar-refractivity contribution < 1.29 is 19.1 Å². The van der Waals surface area contributed by atoms with Gasteiger partial charge >= 0.3 is 0 Å². The third-order valence-electron chi connectivity index (χ3n) is 6.62. The van der Waals surface area contributed by atoms with E-state index in [1.165, 1.54) is 12.1 Å². The fourth-order valence-corrected chi connectivity index (χ4v) is 4.64. The number of anilines is 2. The number of benzene rings is 3. The molecule has 1 saturated heterocycles. The van der Waals surface area contributed by atoms with E-state index in [2.05, 4.69) is 16.0 Å². The summed E-state index contributed by atoms with van der Waals surface area (Å²) >= 11 is 0. The van der Waals surface area contributed by atoms with Gasteiger partial charge in [0, 0.05) is 49.5 Å². The van der Waals surface area contributed by atoms with Gasteiger partial charge in [0.1, 0.15) is 5.82 Å². The Morgan fingerprint density at radius 2 is 1.82 bits per heavy atom. The summed E-state index contributed by atoms with van der Waals surface area (Å²) in [6, 6.07) is 20.7. The highest BCUT2D eigenvalue weighted by Gasteiger charge is 2.25. The first-order chi connectivity index (χ1) is 18.4. The zero-order valence-electron chi connectivity index (χ0n) is 21.6. The van der Waals surface area contributed by atoms with E-state index in [1.807, 2.05) is 43.3 Å². The summed E-state index contributed by atoms with van der Waals surface area (Å²) in [5.41, 5.74) is 3.75. The summed E-state index contributed by atoms with van der Waals surface area (Å²) < 4.78 is 13.2. The fraction of sp³-hybridized carbons (Fsp3) is 0.333. The Morgan fingerprint density at radius 1 is 1.05 bits per heavy atom. The number of aliphatic hydroxyl groups excluding tert-OH is 1. The van der Waals surface area contributed by atoms with Gasteiger partial charge in [-0.2, -0.15) is 0 Å². The molecule has 1 heterocycles. The highest BCUT2D eigenvalue weighted by Crippen LogP contribution is 2.27. The summed E-state index contributed by atoms with van der Waals surface area (Å²) in [6.07, 6.45) is 0.859. The zero-order valence-corrected chi connectivity index (χ0v) is 21.6. The molecule has 1 fully saturated rings. The third-order valence-corrected chi connectivity index (χ3v) is 6.62. The number of halogens is 1. The van der Waals surface area contributed by atoms with Crippen LogP contribution < -0.4 is 20.9 Å². The minimum atomic E-state index is -0.879. The van der Waals surface area contributed by atoms with Crippen LogP contribution >= 0.6 is 0 Å². The van der Waals surface area contributed by atoms with E-state index in [-0.39, 0.29) is 24.2 Å². The van der Waals surface area contributed by atoms with Crippen molar-refractivity contribution in [2.45, 2.75) is 44.9 Å². The molecular formula is C30H35FN4O3. The fourth-order valence-electron chi connectivity index (χ4n) is 4.64. The Balaban J connectivity index is 1.50. The average Bonchev–Trinajstić information content (AvgIpc) is 3.35. The second kappa shape index (κ2) is 13.2. The van der Waals surface area contributed by atoms with Crippen molar-refractivity contribution in [1.29, 1.82) is 0 Å². The first kappa shape index (κ1) is 27.3. The van der Waals surface area contributed by atoms with Crippen LogP contribution in [0.3, 0.4) is 0 Å². The Labute approximate surface area is 223 Å². The maximum atomic E-state index is 13.5. The van der Waals surface area contributed by atoms with Gasteiger partial charge in [-0.25, -0.2) is 4.39 Å². The molecule has 0 spiro atoms. The number of hydrogen-bond donors (Lipinski definition) is 4. The Hall–Kier alpha value is -3.75. The molecule has 3 aromatic carbocycles. The predicted octanol–water partition coefficient (Wildman–Crippen LogP) is 3.88. The van der Waals surface area contributed by atoms with Crippen LogP contribution in [0, 0.1) is 5.82 Å². The molecule has 2 atom stereocenters. The maximum Gasteiger partial charge on any atom is 0.251 e. The number of carbonyl (C=O) groups is 2. The molecule has 38 heavy (non-hydrogen) atoms. The van der Waals surface area contributed by atoms with Gasteiger partial charge in [-0.05, 0) is 61.2 Å². The van der Waals surface area contributed by atoms with Gasteiger partial charge in [-0.3, -0.25) is 9.59 Å². The number of aliphatic hydroxyl groups is 1. The van der Waals surface area contributed by atoms with Gasteiger partial charge < -0.3 is 26.0 Å².